The van der Waals surface area contributed by atoms with Crippen LogP contribution in [0.3, 0.4) is 0 Å². The molecule has 1 spiro atoms. The van der Waals surface area contributed by atoms with Gasteiger partial charge in [-0.2, -0.15) is 0 Å². The molecular formula is C24H34N4O. The van der Waals surface area contributed by atoms with E-state index >= 15 is 0 Å². The van der Waals surface area contributed by atoms with Crippen LogP contribution in [0.2, 0.25) is 0 Å². The number of ether oxygens (including phenoxy) is 1. The van der Waals surface area contributed by atoms with Gasteiger partial charge in [-0.3, -0.25) is 4.90 Å². The van der Waals surface area contributed by atoms with Crippen molar-refractivity contribution in [2.45, 2.75) is 38.6 Å². The monoisotopic (exact) mass is 394 g/mol. The second kappa shape index (κ2) is 9.79. The summed E-state index contributed by atoms with van der Waals surface area (Å²) in [6.45, 7) is 7.74. The highest BCUT2D eigenvalue weighted by Gasteiger charge is 2.41. The second-order valence-electron chi connectivity index (χ2n) is 8.83. The minimum absolute atomic E-state index is 0.480. The molecule has 5 nitrogen and oxygen atoms in total. The lowest BCUT2D eigenvalue weighted by Gasteiger charge is -2.40. The molecule has 3 heterocycles. The van der Waals surface area contributed by atoms with E-state index in [4.69, 9.17) is 4.74 Å². The summed E-state index contributed by atoms with van der Waals surface area (Å²) < 4.78 is 5.11. The van der Waals surface area contributed by atoms with Gasteiger partial charge in [0.2, 0.25) is 0 Å². The lowest BCUT2D eigenvalue weighted by molar-refractivity contribution is 0.0928. The smallest absolute Gasteiger partial charge is 0.130 e. The van der Waals surface area contributed by atoms with Crippen LogP contribution in [0.5, 0.6) is 0 Å². The molecule has 0 saturated carbocycles. The fourth-order valence-corrected chi connectivity index (χ4v) is 4.97. The van der Waals surface area contributed by atoms with E-state index in [0.717, 1.165) is 25.2 Å². The number of hydrogen-bond donors (Lipinski definition) is 0. The molecule has 4 rings (SSSR count). The summed E-state index contributed by atoms with van der Waals surface area (Å²) in [6.07, 6.45) is 9.96. The second-order valence-corrected chi connectivity index (χ2v) is 8.83. The molecule has 1 atom stereocenters. The average molecular weight is 395 g/mol. The molecule has 0 radical (unpaired) electrons. The highest BCUT2D eigenvalue weighted by Crippen LogP contribution is 2.39. The predicted octanol–water partition coefficient (Wildman–Crippen LogP) is 3.20. The van der Waals surface area contributed by atoms with Gasteiger partial charge >= 0.3 is 0 Å². The maximum absolute atomic E-state index is 5.11. The Morgan fingerprint density at radius 2 is 1.72 bits per heavy atom. The number of nitrogens with zero attached hydrogens (tertiary/aromatic N) is 4. The van der Waals surface area contributed by atoms with E-state index in [1.807, 2.05) is 12.4 Å². The van der Waals surface area contributed by atoms with Gasteiger partial charge in [-0.15, -0.1) is 0 Å². The Kier molecular flexibility index (Phi) is 6.90. The van der Waals surface area contributed by atoms with E-state index < -0.39 is 0 Å². The Morgan fingerprint density at radius 1 is 0.931 bits per heavy atom. The third kappa shape index (κ3) is 5.62. The Bertz CT molecular complexity index is 751. The van der Waals surface area contributed by atoms with Crippen LogP contribution in [0.15, 0.2) is 42.7 Å². The van der Waals surface area contributed by atoms with E-state index in [9.17, 15) is 0 Å². The minimum atomic E-state index is 0.480. The third-order valence-electron chi connectivity index (χ3n) is 6.51. The zero-order chi connectivity index (χ0) is 19.9. The van der Waals surface area contributed by atoms with Crippen molar-refractivity contribution in [1.29, 1.82) is 0 Å². The summed E-state index contributed by atoms with van der Waals surface area (Å²) in [5.41, 5.74) is 3.16. The van der Waals surface area contributed by atoms with E-state index in [1.165, 1.54) is 63.1 Å². The first-order chi connectivity index (χ1) is 14.2. The van der Waals surface area contributed by atoms with E-state index in [-0.39, 0.29) is 0 Å². The summed E-state index contributed by atoms with van der Waals surface area (Å²) in [5.74, 6) is 0.870. The van der Waals surface area contributed by atoms with Gasteiger partial charge in [0.25, 0.3) is 0 Å². The molecule has 0 amide bonds. The molecular weight excluding hydrogens is 360 g/mol. The van der Waals surface area contributed by atoms with Crippen LogP contribution in [-0.4, -0.2) is 66.2 Å². The number of likely N-dealkylation sites (tertiary alicyclic amines) is 2. The van der Waals surface area contributed by atoms with Gasteiger partial charge in [0.15, 0.2) is 0 Å². The molecule has 0 bridgehead atoms. The van der Waals surface area contributed by atoms with Crippen molar-refractivity contribution in [3.05, 3.63) is 59.7 Å². The van der Waals surface area contributed by atoms with E-state index in [0.29, 0.717) is 12.0 Å². The maximum Gasteiger partial charge on any atom is 0.130 e. The highest BCUT2D eigenvalue weighted by atomic mass is 16.5. The van der Waals surface area contributed by atoms with Crippen molar-refractivity contribution in [3.8, 4) is 0 Å². The first-order valence-corrected chi connectivity index (χ1v) is 11.0. The number of methoxy groups -OCH3 is 1. The van der Waals surface area contributed by atoms with Crippen molar-refractivity contribution in [2.75, 3.05) is 46.4 Å². The van der Waals surface area contributed by atoms with Gasteiger partial charge in [0.1, 0.15) is 5.82 Å². The zero-order valence-corrected chi connectivity index (χ0v) is 17.7. The van der Waals surface area contributed by atoms with Crippen LogP contribution in [-0.2, 0) is 24.1 Å². The molecule has 2 aliphatic heterocycles. The Morgan fingerprint density at radius 3 is 2.52 bits per heavy atom. The molecule has 2 aliphatic rings. The average Bonchev–Trinajstić information content (AvgIpc) is 3.14. The summed E-state index contributed by atoms with van der Waals surface area (Å²) >= 11 is 0. The molecule has 0 aliphatic carbocycles. The predicted molar refractivity (Wildman–Crippen MR) is 116 cm³/mol. The van der Waals surface area contributed by atoms with Crippen molar-refractivity contribution in [1.82, 2.24) is 19.8 Å². The number of benzene rings is 1. The molecule has 1 aromatic carbocycles. The summed E-state index contributed by atoms with van der Waals surface area (Å²) in [7, 11) is 1.71. The first-order valence-electron chi connectivity index (χ1n) is 11.0. The standard InChI is InChI=1S/C24H34N4O/c1-29-15-9-23-25-16-22(17-26-23)18-28-14-11-24(20-28)10-5-12-27(19-24)13-8-21-6-3-2-4-7-21/h2-4,6-7,16-17H,5,8-15,18-20H2,1H3. The SMILES string of the molecule is COCCc1ncc(CN2CCC3(CCCN(CCc4ccccc4)C3)C2)cn1. The van der Waals surface area contributed by atoms with Gasteiger partial charge in [0, 0.05) is 57.7 Å². The van der Waals surface area contributed by atoms with Gasteiger partial charge < -0.3 is 9.64 Å². The van der Waals surface area contributed by atoms with Gasteiger partial charge in [-0.25, -0.2) is 9.97 Å². The third-order valence-corrected chi connectivity index (χ3v) is 6.51. The van der Waals surface area contributed by atoms with Crippen LogP contribution >= 0.6 is 0 Å². The van der Waals surface area contributed by atoms with Crippen molar-refractivity contribution in [2.24, 2.45) is 5.41 Å². The van der Waals surface area contributed by atoms with E-state index in [1.54, 1.807) is 7.11 Å². The fourth-order valence-electron chi connectivity index (χ4n) is 4.97. The molecule has 2 aromatic rings. The molecule has 1 unspecified atom stereocenters. The normalized spacial score (nSPS) is 23.1. The quantitative estimate of drug-likeness (QED) is 0.688. The molecule has 0 N–H and O–H groups in total. The minimum Gasteiger partial charge on any atom is -0.384 e. The van der Waals surface area contributed by atoms with Crippen molar-refractivity contribution in [3.63, 3.8) is 0 Å². The molecule has 2 saturated heterocycles. The van der Waals surface area contributed by atoms with E-state index in [2.05, 4.69) is 50.1 Å². The van der Waals surface area contributed by atoms with Gasteiger partial charge in [0.05, 0.1) is 6.61 Å². The van der Waals surface area contributed by atoms with Gasteiger partial charge in [-0.1, -0.05) is 30.3 Å². The summed E-state index contributed by atoms with van der Waals surface area (Å²) in [5, 5.41) is 0. The van der Waals surface area contributed by atoms with Crippen LogP contribution in [0.25, 0.3) is 0 Å². The summed E-state index contributed by atoms with van der Waals surface area (Å²) in [4.78, 5) is 14.3. The lowest BCUT2D eigenvalue weighted by Crippen LogP contribution is -2.45. The molecule has 29 heavy (non-hydrogen) atoms. The highest BCUT2D eigenvalue weighted by molar-refractivity contribution is 5.15. The topological polar surface area (TPSA) is 41.5 Å². The maximum atomic E-state index is 5.11. The van der Waals surface area contributed by atoms with Gasteiger partial charge in [-0.05, 0) is 49.8 Å². The molecule has 5 heteroatoms. The van der Waals surface area contributed by atoms with Crippen LogP contribution in [0, 0.1) is 5.41 Å². The fraction of sp³-hybridized carbons (Fsp3) is 0.583. The van der Waals surface area contributed by atoms with Crippen LogP contribution in [0.1, 0.15) is 36.2 Å². The Hall–Kier alpha value is -1.82. The van der Waals surface area contributed by atoms with Crippen molar-refractivity contribution < 1.29 is 4.74 Å². The number of aromatic nitrogens is 2. The Labute approximate surface area is 175 Å². The molecule has 2 fully saturated rings. The number of rotatable bonds is 8. The van der Waals surface area contributed by atoms with Crippen molar-refractivity contribution >= 4 is 0 Å². The molecule has 156 valence electrons. The largest absolute Gasteiger partial charge is 0.384 e. The van der Waals surface area contributed by atoms with Crippen LogP contribution in [0.4, 0.5) is 0 Å². The first kappa shape index (κ1) is 20.5. The van der Waals surface area contributed by atoms with Crippen LogP contribution < -0.4 is 0 Å². The number of piperidine rings is 1. The number of hydrogen-bond acceptors (Lipinski definition) is 5. The molecule has 1 aromatic heterocycles. The summed E-state index contributed by atoms with van der Waals surface area (Å²) in [6, 6.07) is 10.9. The Balaban J connectivity index is 1.27. The zero-order valence-electron chi connectivity index (χ0n) is 17.7. The lowest BCUT2D eigenvalue weighted by atomic mass is 9.79.